The van der Waals surface area contributed by atoms with Crippen LogP contribution >= 0.6 is 0 Å². The first kappa shape index (κ1) is 19.9. The Labute approximate surface area is 151 Å². The van der Waals surface area contributed by atoms with Gasteiger partial charge in [-0.05, 0) is 44.9 Å². The number of rotatable bonds is 6. The molecule has 0 aliphatic carbocycles. The second-order valence-electron chi connectivity index (χ2n) is 6.52. The van der Waals surface area contributed by atoms with Gasteiger partial charge in [0.2, 0.25) is 15.9 Å². The number of likely N-dealkylation sites (N-methyl/N-ethyl adjacent to an activating group) is 1. The van der Waals surface area contributed by atoms with E-state index in [0.29, 0.717) is 50.7 Å². The van der Waals surface area contributed by atoms with Crippen LogP contribution in [0.15, 0.2) is 23.1 Å². The molecule has 0 aromatic heterocycles. The van der Waals surface area contributed by atoms with E-state index in [9.17, 15) is 13.2 Å². The van der Waals surface area contributed by atoms with E-state index >= 15 is 0 Å². The minimum absolute atomic E-state index is 0.107. The van der Waals surface area contributed by atoms with Crippen molar-refractivity contribution in [1.29, 1.82) is 0 Å². The third kappa shape index (κ3) is 4.59. The molecule has 0 bridgehead atoms. The smallest absolute Gasteiger partial charge is 0.243 e. The maximum absolute atomic E-state index is 12.9. The van der Waals surface area contributed by atoms with E-state index in [4.69, 9.17) is 0 Å². The second-order valence-corrected chi connectivity index (χ2v) is 8.42. The molecule has 25 heavy (non-hydrogen) atoms. The molecule has 2 rings (SSSR count). The van der Waals surface area contributed by atoms with Gasteiger partial charge in [-0.25, -0.2) is 8.42 Å². The highest BCUT2D eigenvalue weighted by Crippen LogP contribution is 2.22. The van der Waals surface area contributed by atoms with Gasteiger partial charge in [0.1, 0.15) is 0 Å². The number of nitrogens with zero attached hydrogens (tertiary/aromatic N) is 3. The van der Waals surface area contributed by atoms with Crippen molar-refractivity contribution in [1.82, 2.24) is 14.1 Å². The summed E-state index contributed by atoms with van der Waals surface area (Å²) in [6, 6.07) is 5.51. The van der Waals surface area contributed by atoms with Gasteiger partial charge in [0.05, 0.1) is 11.4 Å². The van der Waals surface area contributed by atoms with Crippen LogP contribution < -0.4 is 0 Å². The van der Waals surface area contributed by atoms with E-state index < -0.39 is 10.0 Å². The highest BCUT2D eigenvalue weighted by molar-refractivity contribution is 7.89. The van der Waals surface area contributed by atoms with Crippen molar-refractivity contribution in [3.8, 4) is 0 Å². The summed E-state index contributed by atoms with van der Waals surface area (Å²) in [5, 5.41) is 0. The summed E-state index contributed by atoms with van der Waals surface area (Å²) in [5.74, 6) is 0.107. The van der Waals surface area contributed by atoms with Crippen LogP contribution in [0.4, 0.5) is 0 Å². The van der Waals surface area contributed by atoms with E-state index in [1.54, 1.807) is 11.0 Å². The van der Waals surface area contributed by atoms with Crippen molar-refractivity contribution in [2.75, 3.05) is 45.8 Å². The molecule has 140 valence electrons. The Bertz CT molecular complexity index is 706. The third-order valence-corrected chi connectivity index (χ3v) is 6.81. The monoisotopic (exact) mass is 367 g/mol. The summed E-state index contributed by atoms with van der Waals surface area (Å²) in [6.07, 6.45) is 0. The summed E-state index contributed by atoms with van der Waals surface area (Å²) in [6.45, 7) is 11.4. The molecule has 1 aliphatic heterocycles. The number of carbonyl (C=O) groups excluding carboxylic acids is 1. The zero-order valence-electron chi connectivity index (χ0n) is 15.7. The van der Waals surface area contributed by atoms with Crippen molar-refractivity contribution < 1.29 is 13.2 Å². The maximum Gasteiger partial charge on any atom is 0.243 e. The lowest BCUT2D eigenvalue weighted by atomic mass is 10.2. The largest absolute Gasteiger partial charge is 0.342 e. The fourth-order valence-corrected chi connectivity index (χ4v) is 4.85. The molecule has 7 heteroatoms. The Morgan fingerprint density at radius 3 is 2.24 bits per heavy atom. The molecule has 0 saturated carbocycles. The van der Waals surface area contributed by atoms with Crippen LogP contribution in [0, 0.1) is 13.8 Å². The lowest BCUT2D eigenvalue weighted by Gasteiger charge is -2.34. The van der Waals surface area contributed by atoms with E-state index in [1.165, 1.54) is 4.31 Å². The average Bonchev–Trinajstić information content (AvgIpc) is 2.58. The summed E-state index contributed by atoms with van der Waals surface area (Å²) >= 11 is 0. The summed E-state index contributed by atoms with van der Waals surface area (Å²) < 4.78 is 27.4. The standard InChI is InChI=1S/C18H29N3O3S/c1-5-20(6-2)18(22)14-19-9-11-21(12-10-19)25(23,24)17-13-15(3)7-8-16(17)4/h7-8,13H,5-6,9-12,14H2,1-4H3. The Balaban J connectivity index is 2.02. The summed E-state index contributed by atoms with van der Waals surface area (Å²) in [5.41, 5.74) is 1.71. The molecule has 0 N–H and O–H groups in total. The molecule has 0 atom stereocenters. The number of carbonyl (C=O) groups is 1. The predicted molar refractivity (Wildman–Crippen MR) is 99.0 cm³/mol. The molecule has 0 spiro atoms. The van der Waals surface area contributed by atoms with E-state index in [0.717, 1.165) is 11.1 Å². The third-order valence-electron chi connectivity index (χ3n) is 4.77. The molecular formula is C18H29N3O3S. The molecule has 0 radical (unpaired) electrons. The normalized spacial score (nSPS) is 16.8. The highest BCUT2D eigenvalue weighted by Gasteiger charge is 2.30. The number of hydrogen-bond acceptors (Lipinski definition) is 4. The number of benzene rings is 1. The van der Waals surface area contributed by atoms with Gasteiger partial charge in [-0.2, -0.15) is 4.31 Å². The zero-order valence-corrected chi connectivity index (χ0v) is 16.5. The van der Waals surface area contributed by atoms with E-state index in [1.807, 2.05) is 44.7 Å². The topological polar surface area (TPSA) is 60.9 Å². The number of aryl methyl sites for hydroxylation is 2. The fourth-order valence-electron chi connectivity index (χ4n) is 3.12. The first-order valence-corrected chi connectivity index (χ1v) is 10.3. The summed E-state index contributed by atoms with van der Waals surface area (Å²) in [7, 11) is -3.48. The molecule has 0 unspecified atom stereocenters. The van der Waals surface area contributed by atoms with Crippen LogP contribution in [0.2, 0.25) is 0 Å². The highest BCUT2D eigenvalue weighted by atomic mass is 32.2. The molecule has 1 fully saturated rings. The van der Waals surface area contributed by atoms with Crippen LogP contribution in [-0.2, 0) is 14.8 Å². The lowest BCUT2D eigenvalue weighted by molar-refractivity contribution is -0.132. The molecule has 1 aliphatic rings. The van der Waals surface area contributed by atoms with Gasteiger partial charge in [-0.3, -0.25) is 9.69 Å². The van der Waals surface area contributed by atoms with E-state index in [-0.39, 0.29) is 5.91 Å². The maximum atomic E-state index is 12.9. The van der Waals surface area contributed by atoms with Crippen molar-refractivity contribution >= 4 is 15.9 Å². The Kier molecular flexibility index (Phi) is 6.59. The quantitative estimate of drug-likeness (QED) is 0.764. The Morgan fingerprint density at radius 2 is 1.68 bits per heavy atom. The fraction of sp³-hybridized carbons (Fsp3) is 0.611. The van der Waals surface area contributed by atoms with Gasteiger partial charge in [-0.15, -0.1) is 0 Å². The first-order valence-electron chi connectivity index (χ1n) is 8.87. The molecule has 1 saturated heterocycles. The minimum Gasteiger partial charge on any atom is -0.342 e. The van der Waals surface area contributed by atoms with Crippen LogP contribution in [0.3, 0.4) is 0 Å². The number of sulfonamides is 1. The van der Waals surface area contributed by atoms with Crippen molar-refractivity contribution in [2.24, 2.45) is 0 Å². The molecule has 1 heterocycles. The molecule has 1 amide bonds. The molecule has 1 aromatic carbocycles. The lowest BCUT2D eigenvalue weighted by Crippen LogP contribution is -2.51. The van der Waals surface area contributed by atoms with Crippen LogP contribution in [-0.4, -0.2) is 74.2 Å². The van der Waals surface area contributed by atoms with Gasteiger partial charge in [0.25, 0.3) is 0 Å². The Hall–Kier alpha value is -1.44. The number of piperazine rings is 1. The summed E-state index contributed by atoms with van der Waals surface area (Å²) in [4.78, 5) is 16.4. The van der Waals surface area contributed by atoms with Crippen molar-refractivity contribution in [3.05, 3.63) is 29.3 Å². The molecule has 1 aromatic rings. The van der Waals surface area contributed by atoms with Crippen LogP contribution in [0.1, 0.15) is 25.0 Å². The van der Waals surface area contributed by atoms with Crippen molar-refractivity contribution in [2.45, 2.75) is 32.6 Å². The predicted octanol–water partition coefficient (Wildman–Crippen LogP) is 1.48. The van der Waals surface area contributed by atoms with Gasteiger partial charge >= 0.3 is 0 Å². The average molecular weight is 368 g/mol. The van der Waals surface area contributed by atoms with Gasteiger partial charge in [-0.1, -0.05) is 12.1 Å². The minimum atomic E-state index is -3.48. The van der Waals surface area contributed by atoms with Gasteiger partial charge < -0.3 is 4.90 Å². The van der Waals surface area contributed by atoms with E-state index in [2.05, 4.69) is 0 Å². The SMILES string of the molecule is CCN(CC)C(=O)CN1CCN(S(=O)(=O)c2cc(C)ccc2C)CC1. The van der Waals surface area contributed by atoms with Gasteiger partial charge in [0, 0.05) is 39.3 Å². The molecule has 6 nitrogen and oxygen atoms in total. The second kappa shape index (κ2) is 8.29. The number of hydrogen-bond donors (Lipinski definition) is 0. The number of amides is 1. The first-order chi connectivity index (χ1) is 11.8. The Morgan fingerprint density at radius 1 is 1.08 bits per heavy atom. The zero-order chi connectivity index (χ0) is 18.6. The van der Waals surface area contributed by atoms with Crippen LogP contribution in [0.5, 0.6) is 0 Å². The van der Waals surface area contributed by atoms with Gasteiger partial charge in [0.15, 0.2) is 0 Å². The van der Waals surface area contributed by atoms with Crippen molar-refractivity contribution in [3.63, 3.8) is 0 Å². The van der Waals surface area contributed by atoms with Crippen LogP contribution in [0.25, 0.3) is 0 Å². The molecular weight excluding hydrogens is 338 g/mol.